The van der Waals surface area contributed by atoms with Crippen molar-refractivity contribution in [2.45, 2.75) is 19.0 Å². The fourth-order valence-corrected chi connectivity index (χ4v) is 3.85. The maximum Gasteiger partial charge on any atom is 0.309 e. The minimum Gasteiger partial charge on any atom is -0.383 e. The average molecular weight is 425 g/mol. The van der Waals surface area contributed by atoms with Crippen molar-refractivity contribution in [1.82, 2.24) is 15.5 Å². The lowest BCUT2D eigenvalue weighted by Crippen LogP contribution is -2.45. The second kappa shape index (κ2) is 10.9. The first-order valence-electron chi connectivity index (χ1n) is 10.6. The molecular formula is C24H32N4O3. The molecule has 166 valence electrons. The Morgan fingerprint density at radius 2 is 1.71 bits per heavy atom. The number of benzene rings is 2. The summed E-state index contributed by atoms with van der Waals surface area (Å²) in [5, 5.41) is 5.39. The SMILES string of the molecule is COCCNC(=O)C(=O)NC[C@H](c1ccc(N(C)C)cc1)N1CCc2ccccc2C1. The minimum absolute atomic E-state index is 0.0275. The van der Waals surface area contributed by atoms with E-state index in [9.17, 15) is 9.59 Å². The molecule has 2 aromatic carbocycles. The quantitative estimate of drug-likeness (QED) is 0.499. The van der Waals surface area contributed by atoms with Crippen molar-refractivity contribution in [2.75, 3.05) is 52.3 Å². The molecular weight excluding hydrogens is 392 g/mol. The number of carbonyl (C=O) groups excluding carboxylic acids is 2. The van der Waals surface area contributed by atoms with Crippen LogP contribution in [0.15, 0.2) is 48.5 Å². The Morgan fingerprint density at radius 3 is 2.39 bits per heavy atom. The van der Waals surface area contributed by atoms with E-state index in [2.05, 4.69) is 69.0 Å². The van der Waals surface area contributed by atoms with Gasteiger partial charge in [-0.2, -0.15) is 0 Å². The first-order chi connectivity index (χ1) is 15.0. The Hall–Kier alpha value is -2.90. The predicted octanol–water partition coefficient (Wildman–Crippen LogP) is 1.73. The molecule has 3 rings (SSSR count). The first kappa shape index (κ1) is 22.8. The summed E-state index contributed by atoms with van der Waals surface area (Å²) in [6, 6.07) is 16.8. The molecule has 2 aromatic rings. The standard InChI is InChI=1S/C24H32N4O3/c1-27(2)21-10-8-19(9-11-21)22(16-26-24(30)23(29)25-13-15-31-3)28-14-12-18-6-4-5-7-20(18)17-28/h4-11,22H,12-17H2,1-3H3,(H,25,29)(H,26,30)/t22-/m1/s1. The van der Waals surface area contributed by atoms with E-state index in [0.717, 1.165) is 30.8 Å². The summed E-state index contributed by atoms with van der Waals surface area (Å²) in [6.07, 6.45) is 0.966. The highest BCUT2D eigenvalue weighted by Gasteiger charge is 2.26. The van der Waals surface area contributed by atoms with Crippen molar-refractivity contribution in [1.29, 1.82) is 0 Å². The summed E-state index contributed by atoms with van der Waals surface area (Å²) in [5.41, 5.74) is 4.92. The van der Waals surface area contributed by atoms with Crippen LogP contribution in [0.4, 0.5) is 5.69 Å². The van der Waals surface area contributed by atoms with Crippen LogP contribution in [0.5, 0.6) is 0 Å². The predicted molar refractivity (Wildman–Crippen MR) is 122 cm³/mol. The molecule has 0 fully saturated rings. The number of fused-ring (bicyclic) bond motifs is 1. The molecule has 1 aliphatic rings. The highest BCUT2D eigenvalue weighted by Crippen LogP contribution is 2.28. The van der Waals surface area contributed by atoms with Gasteiger partial charge in [-0.25, -0.2) is 0 Å². The van der Waals surface area contributed by atoms with E-state index < -0.39 is 11.8 Å². The number of carbonyl (C=O) groups is 2. The third-order valence-corrected chi connectivity index (χ3v) is 5.65. The molecule has 1 aliphatic heterocycles. The maximum atomic E-state index is 12.3. The molecule has 2 N–H and O–H groups in total. The summed E-state index contributed by atoms with van der Waals surface area (Å²) in [6.45, 7) is 2.74. The Balaban J connectivity index is 1.73. The van der Waals surface area contributed by atoms with E-state index in [1.54, 1.807) is 7.11 Å². The van der Waals surface area contributed by atoms with Gasteiger partial charge in [-0.1, -0.05) is 36.4 Å². The normalized spacial score (nSPS) is 14.4. The minimum atomic E-state index is -0.636. The monoisotopic (exact) mass is 424 g/mol. The van der Waals surface area contributed by atoms with E-state index in [1.807, 2.05) is 14.1 Å². The molecule has 0 bridgehead atoms. The van der Waals surface area contributed by atoms with Crippen molar-refractivity contribution in [2.24, 2.45) is 0 Å². The summed E-state index contributed by atoms with van der Waals surface area (Å²) >= 11 is 0. The number of rotatable bonds is 8. The Labute approximate surface area is 184 Å². The maximum absolute atomic E-state index is 12.3. The van der Waals surface area contributed by atoms with E-state index in [1.165, 1.54) is 11.1 Å². The zero-order valence-electron chi connectivity index (χ0n) is 18.6. The molecule has 1 atom stereocenters. The van der Waals surface area contributed by atoms with Gasteiger partial charge in [-0.3, -0.25) is 14.5 Å². The van der Waals surface area contributed by atoms with Crippen LogP contribution in [-0.4, -0.2) is 64.2 Å². The number of amides is 2. The van der Waals surface area contributed by atoms with Crippen molar-refractivity contribution >= 4 is 17.5 Å². The van der Waals surface area contributed by atoms with Crippen LogP contribution in [0.25, 0.3) is 0 Å². The molecule has 1 heterocycles. The fourth-order valence-electron chi connectivity index (χ4n) is 3.85. The lowest BCUT2D eigenvalue weighted by molar-refractivity contribution is -0.139. The number of methoxy groups -OCH3 is 1. The van der Waals surface area contributed by atoms with Crippen LogP contribution in [0, 0.1) is 0 Å². The number of nitrogens with zero attached hydrogens (tertiary/aromatic N) is 2. The molecule has 0 unspecified atom stereocenters. The highest BCUT2D eigenvalue weighted by atomic mass is 16.5. The molecule has 0 saturated carbocycles. The summed E-state index contributed by atoms with van der Waals surface area (Å²) in [5.74, 6) is -1.26. The average Bonchev–Trinajstić information content (AvgIpc) is 2.79. The van der Waals surface area contributed by atoms with Gasteiger partial charge in [0.05, 0.1) is 12.6 Å². The largest absolute Gasteiger partial charge is 0.383 e. The molecule has 7 nitrogen and oxygen atoms in total. The van der Waals surface area contributed by atoms with Gasteiger partial charge in [0.2, 0.25) is 0 Å². The lowest BCUT2D eigenvalue weighted by atomic mass is 9.96. The Morgan fingerprint density at radius 1 is 1.03 bits per heavy atom. The second-order valence-corrected chi connectivity index (χ2v) is 7.95. The van der Waals surface area contributed by atoms with Crippen LogP contribution in [0.2, 0.25) is 0 Å². The lowest BCUT2D eigenvalue weighted by Gasteiger charge is -2.36. The summed E-state index contributed by atoms with van der Waals surface area (Å²) in [7, 11) is 5.57. The summed E-state index contributed by atoms with van der Waals surface area (Å²) < 4.78 is 4.91. The zero-order valence-corrected chi connectivity index (χ0v) is 18.6. The zero-order chi connectivity index (χ0) is 22.2. The second-order valence-electron chi connectivity index (χ2n) is 7.95. The molecule has 0 aromatic heterocycles. The van der Waals surface area contributed by atoms with Crippen molar-refractivity contribution in [3.05, 3.63) is 65.2 Å². The van der Waals surface area contributed by atoms with Gasteiger partial charge < -0.3 is 20.3 Å². The molecule has 0 saturated heterocycles. The molecule has 0 spiro atoms. The topological polar surface area (TPSA) is 73.9 Å². The first-order valence-corrected chi connectivity index (χ1v) is 10.6. The number of anilines is 1. The van der Waals surface area contributed by atoms with E-state index in [0.29, 0.717) is 19.7 Å². The van der Waals surface area contributed by atoms with Gasteiger partial charge in [0, 0.05) is 53.1 Å². The van der Waals surface area contributed by atoms with Crippen LogP contribution < -0.4 is 15.5 Å². The summed E-state index contributed by atoms with van der Waals surface area (Å²) in [4.78, 5) is 28.8. The van der Waals surface area contributed by atoms with E-state index in [-0.39, 0.29) is 6.04 Å². The van der Waals surface area contributed by atoms with Crippen molar-refractivity contribution in [3.8, 4) is 0 Å². The molecule has 2 amide bonds. The number of ether oxygens (including phenoxy) is 1. The van der Waals surface area contributed by atoms with Gasteiger partial charge >= 0.3 is 11.8 Å². The van der Waals surface area contributed by atoms with Crippen LogP contribution in [-0.2, 0) is 27.3 Å². The third-order valence-electron chi connectivity index (χ3n) is 5.65. The van der Waals surface area contributed by atoms with Crippen molar-refractivity contribution in [3.63, 3.8) is 0 Å². The van der Waals surface area contributed by atoms with Crippen LogP contribution in [0.3, 0.4) is 0 Å². The smallest absolute Gasteiger partial charge is 0.309 e. The van der Waals surface area contributed by atoms with Crippen LogP contribution in [0.1, 0.15) is 22.7 Å². The van der Waals surface area contributed by atoms with Gasteiger partial charge in [-0.05, 0) is 35.2 Å². The third kappa shape index (κ3) is 6.06. The Kier molecular flexibility index (Phi) is 8.03. The fraction of sp³-hybridized carbons (Fsp3) is 0.417. The number of hydrogen-bond acceptors (Lipinski definition) is 5. The van der Waals surface area contributed by atoms with Crippen molar-refractivity contribution < 1.29 is 14.3 Å². The van der Waals surface area contributed by atoms with Crippen LogP contribution >= 0.6 is 0 Å². The number of nitrogens with one attached hydrogen (secondary N) is 2. The molecule has 0 radical (unpaired) electrons. The van der Waals surface area contributed by atoms with Gasteiger partial charge in [0.15, 0.2) is 0 Å². The Bertz CT molecular complexity index is 883. The molecule has 31 heavy (non-hydrogen) atoms. The van der Waals surface area contributed by atoms with Gasteiger partial charge in [0.1, 0.15) is 0 Å². The molecule has 7 heteroatoms. The van der Waals surface area contributed by atoms with E-state index >= 15 is 0 Å². The van der Waals surface area contributed by atoms with Gasteiger partial charge in [0.25, 0.3) is 0 Å². The highest BCUT2D eigenvalue weighted by molar-refractivity contribution is 6.35. The number of hydrogen-bond donors (Lipinski definition) is 2. The van der Waals surface area contributed by atoms with E-state index in [4.69, 9.17) is 4.74 Å². The van der Waals surface area contributed by atoms with Gasteiger partial charge in [-0.15, -0.1) is 0 Å². The molecule has 0 aliphatic carbocycles.